The van der Waals surface area contributed by atoms with Gasteiger partial charge in [0.2, 0.25) is 10.0 Å². The lowest BCUT2D eigenvalue weighted by Gasteiger charge is -2.38. The quantitative estimate of drug-likeness (QED) is 0.691. The van der Waals surface area contributed by atoms with Crippen molar-refractivity contribution < 1.29 is 8.42 Å². The van der Waals surface area contributed by atoms with Crippen molar-refractivity contribution in [1.82, 2.24) is 24.2 Å². The molecule has 5 heterocycles. The monoisotopic (exact) mass is 426 g/mol. The molecule has 0 spiro atoms. The number of pyridine rings is 1. The molecule has 2 atom stereocenters. The second-order valence-corrected chi connectivity index (χ2v) is 10.4. The minimum atomic E-state index is -3.20. The molecule has 3 aromatic rings. The summed E-state index contributed by atoms with van der Waals surface area (Å²) in [4.78, 5) is 19.2. The van der Waals surface area contributed by atoms with Gasteiger partial charge in [0.15, 0.2) is 0 Å². The van der Waals surface area contributed by atoms with E-state index >= 15 is 0 Å². The number of nitrogens with one attached hydrogen (secondary N) is 1. The van der Waals surface area contributed by atoms with E-state index in [1.165, 1.54) is 6.26 Å². The summed E-state index contributed by atoms with van der Waals surface area (Å²) in [6, 6.07) is 4.42. The molecule has 9 heteroatoms. The maximum absolute atomic E-state index is 12.1. The molecule has 1 saturated heterocycles. The van der Waals surface area contributed by atoms with Crippen LogP contribution in [0.5, 0.6) is 0 Å². The molecule has 2 aliphatic heterocycles. The van der Waals surface area contributed by atoms with Gasteiger partial charge in [-0.05, 0) is 31.9 Å². The molecule has 1 N–H and O–H groups in total. The number of nitrogens with zero attached hydrogens (tertiary/aromatic N) is 5. The lowest BCUT2D eigenvalue weighted by Crippen LogP contribution is -2.42. The zero-order valence-corrected chi connectivity index (χ0v) is 18.1. The van der Waals surface area contributed by atoms with E-state index in [1.807, 2.05) is 12.4 Å². The lowest BCUT2D eigenvalue weighted by molar-refractivity contribution is 0.312. The van der Waals surface area contributed by atoms with Gasteiger partial charge in [0, 0.05) is 67.0 Å². The van der Waals surface area contributed by atoms with Gasteiger partial charge in [0.05, 0.1) is 17.6 Å². The number of fused-ring (bicyclic) bond motifs is 2. The molecular weight excluding hydrogens is 400 g/mol. The molecule has 158 valence electrons. The molecule has 3 aromatic heterocycles. The molecule has 1 fully saturated rings. The van der Waals surface area contributed by atoms with Crippen LogP contribution < -0.4 is 4.90 Å². The van der Waals surface area contributed by atoms with Crippen molar-refractivity contribution in [2.24, 2.45) is 0 Å². The molecule has 0 amide bonds. The van der Waals surface area contributed by atoms with Crippen LogP contribution >= 0.6 is 0 Å². The summed E-state index contributed by atoms with van der Waals surface area (Å²) in [5.74, 6) is 0.102. The van der Waals surface area contributed by atoms with Crippen LogP contribution in [-0.4, -0.2) is 58.0 Å². The van der Waals surface area contributed by atoms with E-state index in [9.17, 15) is 8.42 Å². The van der Waals surface area contributed by atoms with Crippen LogP contribution in [0.1, 0.15) is 42.6 Å². The maximum atomic E-state index is 12.1. The van der Waals surface area contributed by atoms with E-state index in [1.54, 1.807) is 10.6 Å². The predicted molar refractivity (Wildman–Crippen MR) is 116 cm³/mol. The van der Waals surface area contributed by atoms with Gasteiger partial charge in [-0.3, -0.25) is 0 Å². The molecule has 0 aromatic carbocycles. The standard InChI is InChI=1S/C21H26N6O2S/c1-14-10-18-17(12-27(14)19-6-8-23-21-16(19)5-7-22-21)20(25-13-24-18)15-4-3-9-26(11-15)30(2,28)29/h5-8,13-15H,3-4,9-12H2,1-2H3,(H,22,23). The first-order chi connectivity index (χ1) is 14.4. The highest BCUT2D eigenvalue weighted by Gasteiger charge is 2.33. The highest BCUT2D eigenvalue weighted by molar-refractivity contribution is 7.88. The number of piperidine rings is 1. The Morgan fingerprint density at radius 3 is 2.90 bits per heavy atom. The third-order valence-electron chi connectivity index (χ3n) is 6.40. The summed E-state index contributed by atoms with van der Waals surface area (Å²) in [6.07, 6.45) is 9.32. The minimum absolute atomic E-state index is 0.102. The Labute approximate surface area is 176 Å². The summed E-state index contributed by atoms with van der Waals surface area (Å²) < 4.78 is 25.8. The zero-order chi connectivity index (χ0) is 20.9. The molecule has 0 saturated carbocycles. The van der Waals surface area contributed by atoms with Gasteiger partial charge in [-0.25, -0.2) is 27.7 Å². The van der Waals surface area contributed by atoms with Crippen molar-refractivity contribution in [2.45, 2.75) is 44.7 Å². The number of hydrogen-bond acceptors (Lipinski definition) is 6. The SMILES string of the molecule is CC1Cc2ncnc(C3CCCN(S(C)(=O)=O)C3)c2CN1c1ccnc2[nH]ccc12. The highest BCUT2D eigenvalue weighted by Crippen LogP contribution is 2.36. The summed E-state index contributed by atoms with van der Waals surface area (Å²) in [5, 5.41) is 1.10. The van der Waals surface area contributed by atoms with Crippen LogP contribution in [-0.2, 0) is 23.0 Å². The number of rotatable bonds is 3. The lowest BCUT2D eigenvalue weighted by atomic mass is 9.88. The molecule has 2 aliphatic rings. The van der Waals surface area contributed by atoms with Gasteiger partial charge in [-0.1, -0.05) is 0 Å². The third-order valence-corrected chi connectivity index (χ3v) is 7.67. The van der Waals surface area contributed by atoms with Crippen LogP contribution in [0, 0.1) is 0 Å². The van der Waals surface area contributed by atoms with E-state index in [2.05, 4.69) is 43.9 Å². The van der Waals surface area contributed by atoms with E-state index in [4.69, 9.17) is 0 Å². The number of hydrogen-bond donors (Lipinski definition) is 1. The Morgan fingerprint density at radius 2 is 2.07 bits per heavy atom. The topological polar surface area (TPSA) is 95.1 Å². The van der Waals surface area contributed by atoms with Crippen LogP contribution in [0.4, 0.5) is 5.69 Å². The average molecular weight is 427 g/mol. The van der Waals surface area contributed by atoms with Gasteiger partial charge in [-0.15, -0.1) is 0 Å². The van der Waals surface area contributed by atoms with Crippen molar-refractivity contribution in [3.05, 3.63) is 47.8 Å². The summed E-state index contributed by atoms with van der Waals surface area (Å²) in [7, 11) is -3.20. The number of aromatic nitrogens is 4. The molecule has 0 radical (unpaired) electrons. The van der Waals surface area contributed by atoms with Crippen molar-refractivity contribution in [3.8, 4) is 0 Å². The summed E-state index contributed by atoms with van der Waals surface area (Å²) in [5.41, 5.74) is 5.27. The molecule has 2 unspecified atom stereocenters. The number of anilines is 1. The summed E-state index contributed by atoms with van der Waals surface area (Å²) >= 11 is 0. The van der Waals surface area contributed by atoms with Gasteiger partial charge in [0.1, 0.15) is 12.0 Å². The van der Waals surface area contributed by atoms with E-state index < -0.39 is 10.0 Å². The fourth-order valence-corrected chi connectivity index (χ4v) is 5.78. The fourth-order valence-electron chi connectivity index (χ4n) is 4.87. The van der Waals surface area contributed by atoms with Crippen LogP contribution in [0.3, 0.4) is 0 Å². The molecule has 0 bridgehead atoms. The second kappa shape index (κ2) is 7.31. The molecular formula is C21H26N6O2S. The van der Waals surface area contributed by atoms with Gasteiger partial charge >= 0.3 is 0 Å². The average Bonchev–Trinajstić information content (AvgIpc) is 3.21. The van der Waals surface area contributed by atoms with Crippen molar-refractivity contribution in [2.75, 3.05) is 24.2 Å². The van der Waals surface area contributed by atoms with E-state index in [-0.39, 0.29) is 5.92 Å². The highest BCUT2D eigenvalue weighted by atomic mass is 32.2. The maximum Gasteiger partial charge on any atom is 0.211 e. The van der Waals surface area contributed by atoms with Crippen LogP contribution in [0.25, 0.3) is 11.0 Å². The van der Waals surface area contributed by atoms with E-state index in [0.717, 1.165) is 52.9 Å². The second-order valence-electron chi connectivity index (χ2n) is 8.40. The zero-order valence-electron chi connectivity index (χ0n) is 17.2. The first-order valence-electron chi connectivity index (χ1n) is 10.4. The normalized spacial score (nSPS) is 22.9. The van der Waals surface area contributed by atoms with Crippen molar-refractivity contribution in [3.63, 3.8) is 0 Å². The molecule has 0 aliphatic carbocycles. The Morgan fingerprint density at radius 1 is 1.20 bits per heavy atom. The van der Waals surface area contributed by atoms with Gasteiger partial charge < -0.3 is 9.88 Å². The first-order valence-corrected chi connectivity index (χ1v) is 12.2. The minimum Gasteiger partial charge on any atom is -0.363 e. The van der Waals surface area contributed by atoms with Crippen molar-refractivity contribution >= 4 is 26.7 Å². The Kier molecular flexibility index (Phi) is 4.74. The summed E-state index contributed by atoms with van der Waals surface area (Å²) in [6.45, 7) is 4.02. The van der Waals surface area contributed by atoms with Gasteiger partial charge in [0.25, 0.3) is 0 Å². The van der Waals surface area contributed by atoms with Gasteiger partial charge in [-0.2, -0.15) is 0 Å². The fraction of sp³-hybridized carbons (Fsp3) is 0.476. The van der Waals surface area contributed by atoms with Crippen LogP contribution in [0.2, 0.25) is 0 Å². The third kappa shape index (κ3) is 3.35. The number of sulfonamides is 1. The molecule has 5 rings (SSSR count). The smallest absolute Gasteiger partial charge is 0.211 e. The largest absolute Gasteiger partial charge is 0.363 e. The van der Waals surface area contributed by atoms with E-state index in [0.29, 0.717) is 25.7 Å². The molecule has 8 nitrogen and oxygen atoms in total. The predicted octanol–water partition coefficient (Wildman–Crippen LogP) is 2.44. The Hall–Kier alpha value is -2.52. The number of aromatic amines is 1. The van der Waals surface area contributed by atoms with Crippen molar-refractivity contribution in [1.29, 1.82) is 0 Å². The first kappa shape index (κ1) is 19.4. The Balaban J connectivity index is 1.52. The van der Waals surface area contributed by atoms with Crippen LogP contribution in [0.15, 0.2) is 30.9 Å². The Bertz CT molecular complexity index is 1190. The molecule has 30 heavy (non-hydrogen) atoms. The number of H-pyrrole nitrogens is 1.